The number of ether oxygens (including phenoxy) is 1. The van der Waals surface area contributed by atoms with Crippen LogP contribution in [-0.4, -0.2) is 41.7 Å². The normalized spacial score (nSPS) is 18.0. The van der Waals surface area contributed by atoms with Gasteiger partial charge in [0.1, 0.15) is 6.10 Å². The van der Waals surface area contributed by atoms with Crippen molar-refractivity contribution in [2.75, 3.05) is 19.6 Å². The van der Waals surface area contributed by atoms with Gasteiger partial charge in [0.15, 0.2) is 11.6 Å². The van der Waals surface area contributed by atoms with Crippen LogP contribution < -0.4 is 16.0 Å². The fraction of sp³-hybridized carbons (Fsp3) is 0.500. The van der Waals surface area contributed by atoms with Crippen molar-refractivity contribution in [1.29, 1.82) is 0 Å². The fourth-order valence-electron chi connectivity index (χ4n) is 3.34. The van der Waals surface area contributed by atoms with Crippen LogP contribution >= 0.6 is 0 Å². The summed E-state index contributed by atoms with van der Waals surface area (Å²) in [6.07, 6.45) is 3.21. The second kappa shape index (κ2) is 6.91. The van der Waals surface area contributed by atoms with E-state index in [1.807, 2.05) is 6.92 Å². The average molecular weight is 333 g/mol. The molecule has 1 aliphatic heterocycles. The zero-order chi connectivity index (χ0) is 17.3. The first-order chi connectivity index (χ1) is 11.5. The van der Waals surface area contributed by atoms with Gasteiger partial charge in [-0.1, -0.05) is 0 Å². The van der Waals surface area contributed by atoms with E-state index < -0.39 is 5.82 Å². The minimum Gasteiger partial charge on any atom is -0.487 e. The van der Waals surface area contributed by atoms with Crippen LogP contribution in [0, 0.1) is 12.7 Å². The van der Waals surface area contributed by atoms with Gasteiger partial charge in [0.25, 0.3) is 5.56 Å². The number of pyridine rings is 1. The summed E-state index contributed by atoms with van der Waals surface area (Å²) >= 11 is 0. The van der Waals surface area contributed by atoms with E-state index in [0.29, 0.717) is 16.3 Å². The van der Waals surface area contributed by atoms with Crippen molar-refractivity contribution < 1.29 is 9.13 Å². The van der Waals surface area contributed by atoms with E-state index in [-0.39, 0.29) is 23.5 Å². The Bertz CT molecular complexity index is 780. The molecule has 1 fully saturated rings. The number of aryl methyl sites for hydroxylation is 1. The molecule has 0 unspecified atom stereocenters. The number of nitrogens with one attached hydrogen (secondary N) is 1. The minimum absolute atomic E-state index is 0.0106. The molecule has 0 bridgehead atoms. The summed E-state index contributed by atoms with van der Waals surface area (Å²) in [7, 11) is 0. The Hall–Kier alpha value is -1.92. The van der Waals surface area contributed by atoms with Gasteiger partial charge in [-0.2, -0.15) is 0 Å². The number of likely N-dealkylation sites (tertiary alicyclic amines) is 1. The van der Waals surface area contributed by atoms with Crippen LogP contribution in [0.15, 0.2) is 23.1 Å². The number of nitrogens with two attached hydrogens (primary N) is 1. The van der Waals surface area contributed by atoms with E-state index in [2.05, 4.69) is 9.88 Å². The summed E-state index contributed by atoms with van der Waals surface area (Å²) in [5.74, 6) is -0.226. The third kappa shape index (κ3) is 3.44. The molecule has 1 aromatic carbocycles. The smallest absolute Gasteiger partial charge is 0.255 e. The Morgan fingerprint density at radius 1 is 1.42 bits per heavy atom. The molecular formula is C18H24FN3O2. The van der Waals surface area contributed by atoms with Crippen LogP contribution in [-0.2, 0) is 0 Å². The van der Waals surface area contributed by atoms with Gasteiger partial charge >= 0.3 is 0 Å². The standard InChI is InChI=1S/C18H24FN3O2/c1-11-9-21-18(23)14-3-4-15(17(19)16(11)14)24-13-5-7-22(8-6-13)10-12(2)20/h3-4,9,12-13H,5-8,10,20H2,1-2H3,(H,21,23)/t12-/m0/s1. The number of hydrogen-bond donors (Lipinski definition) is 2. The maximum atomic E-state index is 14.8. The molecule has 0 aliphatic carbocycles. The lowest BCUT2D eigenvalue weighted by molar-refractivity contribution is 0.0951. The number of benzene rings is 1. The number of piperidine rings is 1. The molecule has 1 aromatic heterocycles. The first-order valence-electron chi connectivity index (χ1n) is 8.41. The molecule has 3 N–H and O–H groups in total. The highest BCUT2D eigenvalue weighted by atomic mass is 19.1. The van der Waals surface area contributed by atoms with E-state index in [9.17, 15) is 9.18 Å². The zero-order valence-corrected chi connectivity index (χ0v) is 14.1. The summed E-state index contributed by atoms with van der Waals surface area (Å²) in [4.78, 5) is 16.8. The SMILES string of the molecule is Cc1c[nH]c(=O)c2ccc(OC3CCN(C[C@H](C)N)CC3)c(F)c12. The lowest BCUT2D eigenvalue weighted by Crippen LogP contribution is -2.43. The molecule has 0 spiro atoms. The number of aromatic nitrogens is 1. The van der Waals surface area contributed by atoms with E-state index in [0.717, 1.165) is 32.5 Å². The van der Waals surface area contributed by atoms with Gasteiger partial charge in [-0.25, -0.2) is 4.39 Å². The van der Waals surface area contributed by atoms with Gasteiger partial charge in [0.2, 0.25) is 0 Å². The third-order valence-electron chi connectivity index (χ3n) is 4.54. The van der Waals surface area contributed by atoms with Crippen LogP contribution in [0.4, 0.5) is 4.39 Å². The molecule has 1 aliphatic rings. The zero-order valence-electron chi connectivity index (χ0n) is 14.1. The number of H-pyrrole nitrogens is 1. The van der Waals surface area contributed by atoms with Crippen molar-refractivity contribution in [1.82, 2.24) is 9.88 Å². The highest BCUT2D eigenvalue weighted by molar-refractivity contribution is 5.86. The summed E-state index contributed by atoms with van der Waals surface area (Å²) in [5.41, 5.74) is 6.24. The molecule has 0 saturated carbocycles. The average Bonchev–Trinajstić information content (AvgIpc) is 2.54. The van der Waals surface area contributed by atoms with E-state index in [4.69, 9.17) is 10.5 Å². The Kier molecular flexibility index (Phi) is 4.87. The summed E-state index contributed by atoms with van der Waals surface area (Å²) < 4.78 is 20.7. The monoisotopic (exact) mass is 333 g/mol. The maximum Gasteiger partial charge on any atom is 0.255 e. The third-order valence-corrected chi connectivity index (χ3v) is 4.54. The van der Waals surface area contributed by atoms with Gasteiger partial charge in [-0.15, -0.1) is 0 Å². The van der Waals surface area contributed by atoms with Gasteiger partial charge in [-0.3, -0.25) is 4.79 Å². The van der Waals surface area contributed by atoms with Crippen molar-refractivity contribution in [3.8, 4) is 5.75 Å². The molecule has 24 heavy (non-hydrogen) atoms. The number of halogens is 1. The van der Waals surface area contributed by atoms with Gasteiger partial charge < -0.3 is 20.4 Å². The Morgan fingerprint density at radius 3 is 2.79 bits per heavy atom. The lowest BCUT2D eigenvalue weighted by atomic mass is 10.1. The van der Waals surface area contributed by atoms with E-state index in [1.165, 1.54) is 6.20 Å². The molecule has 130 valence electrons. The molecule has 0 amide bonds. The van der Waals surface area contributed by atoms with E-state index in [1.54, 1.807) is 19.1 Å². The molecule has 6 heteroatoms. The van der Waals surface area contributed by atoms with E-state index >= 15 is 0 Å². The first-order valence-corrected chi connectivity index (χ1v) is 8.41. The molecule has 1 atom stereocenters. The summed E-state index contributed by atoms with van der Waals surface area (Å²) in [5, 5.41) is 0.692. The second-order valence-corrected chi connectivity index (χ2v) is 6.70. The summed E-state index contributed by atoms with van der Waals surface area (Å²) in [6, 6.07) is 3.34. The molecule has 5 nitrogen and oxygen atoms in total. The lowest BCUT2D eigenvalue weighted by Gasteiger charge is -2.33. The quantitative estimate of drug-likeness (QED) is 0.899. The largest absolute Gasteiger partial charge is 0.487 e. The second-order valence-electron chi connectivity index (χ2n) is 6.70. The predicted molar refractivity (Wildman–Crippen MR) is 93.0 cm³/mol. The van der Waals surface area contributed by atoms with Gasteiger partial charge in [0, 0.05) is 37.3 Å². The molecule has 2 aromatic rings. The van der Waals surface area contributed by atoms with Crippen LogP contribution in [0.25, 0.3) is 10.8 Å². The highest BCUT2D eigenvalue weighted by Gasteiger charge is 2.23. The van der Waals surface area contributed by atoms with Crippen LogP contribution in [0.1, 0.15) is 25.3 Å². The molecule has 0 radical (unpaired) electrons. The van der Waals surface area contributed by atoms with Crippen LogP contribution in [0.2, 0.25) is 0 Å². The number of fused-ring (bicyclic) bond motifs is 1. The topological polar surface area (TPSA) is 71.4 Å². The predicted octanol–water partition coefficient (Wildman–Crippen LogP) is 2.17. The van der Waals surface area contributed by atoms with Crippen molar-refractivity contribution in [3.05, 3.63) is 40.1 Å². The van der Waals surface area contributed by atoms with Crippen molar-refractivity contribution in [2.45, 2.75) is 38.8 Å². The molecule has 2 heterocycles. The number of nitrogens with zero attached hydrogens (tertiary/aromatic N) is 1. The maximum absolute atomic E-state index is 14.8. The first kappa shape index (κ1) is 16.9. The minimum atomic E-state index is -0.450. The Labute approximate surface area is 140 Å². The van der Waals surface area contributed by atoms with Gasteiger partial charge in [-0.05, 0) is 44.4 Å². The number of hydrogen-bond acceptors (Lipinski definition) is 4. The van der Waals surface area contributed by atoms with Crippen LogP contribution in [0.5, 0.6) is 5.75 Å². The molecular weight excluding hydrogens is 309 g/mol. The van der Waals surface area contributed by atoms with Gasteiger partial charge in [0.05, 0.1) is 5.39 Å². The van der Waals surface area contributed by atoms with Crippen molar-refractivity contribution in [3.63, 3.8) is 0 Å². The number of aromatic amines is 1. The van der Waals surface area contributed by atoms with Crippen molar-refractivity contribution in [2.24, 2.45) is 5.73 Å². The molecule has 3 rings (SSSR count). The Balaban J connectivity index is 1.76. The summed E-state index contributed by atoms with van der Waals surface area (Å²) in [6.45, 7) is 6.45. The Morgan fingerprint density at radius 2 is 2.12 bits per heavy atom. The fourth-order valence-corrected chi connectivity index (χ4v) is 3.34. The number of rotatable bonds is 4. The molecule has 1 saturated heterocycles. The van der Waals surface area contributed by atoms with Crippen molar-refractivity contribution >= 4 is 10.8 Å². The highest BCUT2D eigenvalue weighted by Crippen LogP contribution is 2.29. The van der Waals surface area contributed by atoms with Crippen LogP contribution in [0.3, 0.4) is 0 Å².